The van der Waals surface area contributed by atoms with Crippen LogP contribution in [0.2, 0.25) is 0 Å². The molecule has 0 unspecified atom stereocenters. The van der Waals surface area contributed by atoms with E-state index in [2.05, 4.69) is 20.9 Å². The number of hydrogen-bond acceptors (Lipinski definition) is 11. The number of methoxy groups -OCH3 is 2. The molecule has 2 aromatic carbocycles. The Labute approximate surface area is 327 Å². The highest BCUT2D eigenvalue weighted by molar-refractivity contribution is 7.13. The third-order valence-corrected chi connectivity index (χ3v) is 10.2. The number of nitrogens with zero attached hydrogens (tertiary/aromatic N) is 2. The summed E-state index contributed by atoms with van der Waals surface area (Å²) in [4.78, 5) is 59.1. The van der Waals surface area contributed by atoms with E-state index in [0.29, 0.717) is 24.5 Å². The maximum absolute atomic E-state index is 13.9. The molecule has 4 rings (SSSR count). The van der Waals surface area contributed by atoms with E-state index in [1.54, 1.807) is 25.6 Å². The van der Waals surface area contributed by atoms with Gasteiger partial charge in [-0.1, -0.05) is 51.1 Å². The molecular weight excluding hydrogens is 727 g/mol. The van der Waals surface area contributed by atoms with Gasteiger partial charge in [0.25, 0.3) is 0 Å². The number of amides is 4. The summed E-state index contributed by atoms with van der Waals surface area (Å²) in [5, 5.41) is 19.1. The lowest BCUT2D eigenvalue weighted by atomic mass is 9.85. The van der Waals surface area contributed by atoms with Crippen molar-refractivity contribution < 1.29 is 43.2 Å². The number of rotatable bonds is 20. The van der Waals surface area contributed by atoms with Crippen LogP contribution in [0.1, 0.15) is 56.9 Å². The van der Waals surface area contributed by atoms with Gasteiger partial charge in [-0.05, 0) is 47.6 Å². The van der Waals surface area contributed by atoms with Crippen molar-refractivity contribution in [2.24, 2.45) is 5.41 Å². The number of aromatic nitrogens is 1. The summed E-state index contributed by atoms with van der Waals surface area (Å²) in [7, 11) is 3.16. The smallest absolute Gasteiger partial charge is 0.246 e. The molecule has 0 saturated carbocycles. The second-order valence-corrected chi connectivity index (χ2v) is 15.3. The van der Waals surface area contributed by atoms with Crippen LogP contribution in [0.25, 0.3) is 10.4 Å². The summed E-state index contributed by atoms with van der Waals surface area (Å²) in [6.45, 7) is 9.01. The minimum absolute atomic E-state index is 0.00756. The zero-order valence-corrected chi connectivity index (χ0v) is 33.5. The maximum Gasteiger partial charge on any atom is 0.246 e. The second kappa shape index (κ2) is 20.9. The van der Waals surface area contributed by atoms with E-state index >= 15 is 0 Å². The van der Waals surface area contributed by atoms with Gasteiger partial charge in [-0.15, -0.1) is 11.3 Å². The molecule has 55 heavy (non-hydrogen) atoms. The zero-order valence-electron chi connectivity index (χ0n) is 32.6. The van der Waals surface area contributed by atoms with Crippen molar-refractivity contribution >= 4 is 35.0 Å². The van der Waals surface area contributed by atoms with E-state index < -0.39 is 29.5 Å². The van der Waals surface area contributed by atoms with Gasteiger partial charge in [-0.2, -0.15) is 0 Å². The van der Waals surface area contributed by atoms with Crippen molar-refractivity contribution in [2.45, 2.75) is 78.1 Å². The van der Waals surface area contributed by atoms with Crippen LogP contribution in [0.15, 0.2) is 48.0 Å². The molecule has 300 valence electrons. The summed E-state index contributed by atoms with van der Waals surface area (Å²) in [5.41, 5.74) is 5.05. The summed E-state index contributed by atoms with van der Waals surface area (Å²) >= 11 is 1.57. The summed E-state index contributed by atoms with van der Waals surface area (Å²) in [6.07, 6.45) is 0.0977. The average molecular weight is 782 g/mol. The van der Waals surface area contributed by atoms with Gasteiger partial charge in [0.05, 0.1) is 62.8 Å². The number of aliphatic hydroxyl groups is 1. The lowest BCUT2D eigenvalue weighted by Crippen LogP contribution is -2.57. The van der Waals surface area contributed by atoms with E-state index in [-0.39, 0.29) is 76.5 Å². The number of benzene rings is 2. The number of carbonyl (C=O) groups excluding carboxylic acids is 4. The molecular formula is C40H55N5O9S. The molecule has 1 fully saturated rings. The quantitative estimate of drug-likeness (QED) is 0.124. The first-order valence-corrected chi connectivity index (χ1v) is 19.4. The average Bonchev–Trinajstić information content (AvgIpc) is 3.78. The molecule has 1 aromatic heterocycles. The number of aryl methyl sites for hydroxylation is 1. The monoisotopic (exact) mass is 781 g/mol. The Kier molecular flexibility index (Phi) is 16.4. The van der Waals surface area contributed by atoms with Crippen molar-refractivity contribution in [3.8, 4) is 21.9 Å². The number of β-amino-alcohol motifs (C(OH)–C–C–N with tert-alkyl or cyclic N) is 1. The van der Waals surface area contributed by atoms with Gasteiger partial charge in [0.15, 0.2) is 11.5 Å². The van der Waals surface area contributed by atoms with Crippen molar-refractivity contribution in [3.63, 3.8) is 0 Å². The van der Waals surface area contributed by atoms with Crippen LogP contribution in [0.5, 0.6) is 11.5 Å². The molecule has 1 aliphatic heterocycles. The van der Waals surface area contributed by atoms with Gasteiger partial charge < -0.3 is 44.9 Å². The van der Waals surface area contributed by atoms with Crippen LogP contribution in [0.3, 0.4) is 0 Å². The minimum Gasteiger partial charge on any atom is -0.493 e. The third kappa shape index (κ3) is 13.0. The van der Waals surface area contributed by atoms with E-state index in [1.165, 1.54) is 4.90 Å². The zero-order chi connectivity index (χ0) is 40.0. The third-order valence-electron chi connectivity index (χ3n) is 9.21. The Morgan fingerprint density at radius 3 is 2.18 bits per heavy atom. The van der Waals surface area contributed by atoms with E-state index in [4.69, 9.17) is 18.9 Å². The highest BCUT2D eigenvalue weighted by atomic mass is 32.1. The topological polar surface area (TPSA) is 178 Å². The fraction of sp³-hybridized carbons (Fsp3) is 0.525. The van der Waals surface area contributed by atoms with Crippen molar-refractivity contribution in [3.05, 3.63) is 64.8 Å². The number of aliphatic hydroxyl groups excluding tert-OH is 1. The standard InChI is InChI=1S/C40H55N5O9S/c1-26-36(55-25-43-26)29-10-7-28(8-11-29)23-42-38(49)31-22-30(46)24-45(31)39(50)37(40(2,3)4)44-35(48)15-18-54-20-19-53-17-14-34(47)41-16-13-27-9-12-32(51-5)33(21-27)52-6/h7-12,21,25,30-31,37,46H,13-20,22-24H2,1-6H3,(H,41,47)(H,42,49)(H,44,48)/t30-,31+,37-/m1/s1. The fourth-order valence-corrected chi connectivity index (χ4v) is 6.95. The molecule has 0 bridgehead atoms. The van der Waals surface area contributed by atoms with Crippen molar-refractivity contribution in [2.75, 3.05) is 53.7 Å². The Morgan fingerprint density at radius 1 is 0.909 bits per heavy atom. The number of likely N-dealkylation sites (tertiary alicyclic amines) is 1. The van der Waals surface area contributed by atoms with E-state index in [9.17, 15) is 24.3 Å². The molecule has 0 aliphatic carbocycles. The van der Waals surface area contributed by atoms with E-state index in [0.717, 1.165) is 27.3 Å². The summed E-state index contributed by atoms with van der Waals surface area (Å²) in [5.74, 6) is -0.0122. The maximum atomic E-state index is 13.9. The number of hydrogen-bond donors (Lipinski definition) is 4. The molecule has 1 aliphatic rings. The molecule has 2 heterocycles. The second-order valence-electron chi connectivity index (χ2n) is 14.5. The van der Waals surface area contributed by atoms with Gasteiger partial charge in [-0.25, -0.2) is 4.98 Å². The number of thiazole rings is 1. The van der Waals surface area contributed by atoms with Gasteiger partial charge in [0.1, 0.15) is 12.1 Å². The van der Waals surface area contributed by atoms with Crippen LogP contribution in [-0.4, -0.2) is 111 Å². The van der Waals surface area contributed by atoms with Gasteiger partial charge >= 0.3 is 0 Å². The van der Waals surface area contributed by atoms with Crippen LogP contribution < -0.4 is 25.4 Å². The number of carbonyl (C=O) groups is 4. The minimum atomic E-state index is -0.933. The van der Waals surface area contributed by atoms with Gasteiger partial charge in [0.2, 0.25) is 23.6 Å². The normalized spacial score (nSPS) is 16.0. The van der Waals surface area contributed by atoms with Crippen LogP contribution >= 0.6 is 11.3 Å². The largest absolute Gasteiger partial charge is 0.493 e. The number of nitrogens with one attached hydrogen (secondary N) is 3. The molecule has 4 N–H and O–H groups in total. The van der Waals surface area contributed by atoms with Crippen LogP contribution in [0, 0.1) is 12.3 Å². The summed E-state index contributed by atoms with van der Waals surface area (Å²) < 4.78 is 21.6. The first-order chi connectivity index (χ1) is 26.3. The van der Waals surface area contributed by atoms with Crippen molar-refractivity contribution in [1.29, 1.82) is 0 Å². The first kappa shape index (κ1) is 43.2. The molecule has 3 aromatic rings. The molecule has 0 spiro atoms. The van der Waals surface area contributed by atoms with Crippen molar-refractivity contribution in [1.82, 2.24) is 25.8 Å². The highest BCUT2D eigenvalue weighted by Gasteiger charge is 2.44. The Hall–Kier alpha value is -4.57. The number of ether oxygens (including phenoxy) is 4. The van der Waals surface area contributed by atoms with E-state index in [1.807, 2.05) is 75.7 Å². The molecule has 14 nitrogen and oxygen atoms in total. The summed E-state index contributed by atoms with van der Waals surface area (Å²) in [6, 6.07) is 11.7. The van der Waals surface area contributed by atoms with Crippen LogP contribution in [0.4, 0.5) is 0 Å². The highest BCUT2D eigenvalue weighted by Crippen LogP contribution is 2.29. The molecule has 1 saturated heterocycles. The Bertz CT molecular complexity index is 1730. The Morgan fingerprint density at radius 2 is 1.56 bits per heavy atom. The SMILES string of the molecule is COc1ccc(CCNC(=O)CCOCCOCCC(=O)N[C@H](C(=O)N2C[C@H](O)C[C@H]2C(=O)NCc2ccc(-c3scnc3C)cc2)C(C)(C)C)cc1OC. The molecule has 15 heteroatoms. The van der Waals surface area contributed by atoms with Gasteiger partial charge in [-0.3, -0.25) is 19.2 Å². The predicted octanol–water partition coefficient (Wildman–Crippen LogP) is 3.42. The molecule has 4 amide bonds. The predicted molar refractivity (Wildman–Crippen MR) is 209 cm³/mol. The fourth-order valence-electron chi connectivity index (χ4n) is 6.14. The molecule has 0 radical (unpaired) electrons. The van der Waals surface area contributed by atoms with Gasteiger partial charge in [0, 0.05) is 38.9 Å². The van der Waals surface area contributed by atoms with Crippen LogP contribution in [-0.2, 0) is 41.6 Å². The Balaban J connectivity index is 1.14. The molecule has 3 atom stereocenters. The lowest BCUT2D eigenvalue weighted by Gasteiger charge is -2.35. The first-order valence-electron chi connectivity index (χ1n) is 18.5. The lowest BCUT2D eigenvalue weighted by molar-refractivity contribution is -0.144.